The van der Waals surface area contributed by atoms with E-state index < -0.39 is 0 Å². The molecule has 0 bridgehead atoms. The van der Waals surface area contributed by atoms with E-state index >= 15 is 0 Å². The summed E-state index contributed by atoms with van der Waals surface area (Å²) in [5, 5.41) is 7.49. The van der Waals surface area contributed by atoms with Crippen molar-refractivity contribution in [3.05, 3.63) is 35.1 Å². The van der Waals surface area contributed by atoms with Crippen molar-refractivity contribution >= 4 is 5.84 Å². The van der Waals surface area contributed by atoms with Crippen LogP contribution >= 0.6 is 0 Å². The summed E-state index contributed by atoms with van der Waals surface area (Å²) in [5.74, 6) is -0.403. The molecule has 4 heteroatoms. The minimum Gasteiger partial charge on any atom is -0.384 e. The number of amidine groups is 1. The zero-order valence-corrected chi connectivity index (χ0v) is 10.0. The molecule has 17 heavy (non-hydrogen) atoms. The van der Waals surface area contributed by atoms with E-state index in [4.69, 9.17) is 11.1 Å². The molecule has 0 saturated carbocycles. The molecule has 0 aromatic heterocycles. The highest BCUT2D eigenvalue weighted by molar-refractivity contribution is 5.96. The topological polar surface area (TPSA) is 53.1 Å². The third-order valence-corrected chi connectivity index (χ3v) is 3.43. The van der Waals surface area contributed by atoms with Crippen LogP contribution in [0.15, 0.2) is 18.2 Å². The van der Waals surface area contributed by atoms with Gasteiger partial charge in [0.1, 0.15) is 11.7 Å². The molecule has 1 fully saturated rings. The molecular weight excluding hydrogens is 217 g/mol. The molecule has 2 rings (SSSR count). The van der Waals surface area contributed by atoms with Crippen molar-refractivity contribution in [2.45, 2.75) is 32.4 Å². The van der Waals surface area contributed by atoms with Gasteiger partial charge in [0.15, 0.2) is 0 Å². The Kier molecular flexibility index (Phi) is 3.43. The Morgan fingerprint density at radius 1 is 1.59 bits per heavy atom. The first-order valence-corrected chi connectivity index (χ1v) is 5.95. The van der Waals surface area contributed by atoms with Crippen LogP contribution in [0.1, 0.15) is 30.9 Å². The number of nitrogens with two attached hydrogens (primary N) is 1. The summed E-state index contributed by atoms with van der Waals surface area (Å²) in [5.41, 5.74) is 6.95. The fourth-order valence-electron chi connectivity index (χ4n) is 2.38. The van der Waals surface area contributed by atoms with E-state index in [2.05, 4.69) is 11.8 Å². The summed E-state index contributed by atoms with van der Waals surface area (Å²) in [6, 6.07) is 5.07. The van der Waals surface area contributed by atoms with Crippen LogP contribution in [-0.4, -0.2) is 23.3 Å². The molecule has 92 valence electrons. The average Bonchev–Trinajstić information content (AvgIpc) is 2.67. The summed E-state index contributed by atoms with van der Waals surface area (Å²) in [7, 11) is 0. The van der Waals surface area contributed by atoms with E-state index in [-0.39, 0.29) is 11.7 Å². The van der Waals surface area contributed by atoms with Crippen LogP contribution in [0.5, 0.6) is 0 Å². The second-order valence-corrected chi connectivity index (χ2v) is 4.68. The van der Waals surface area contributed by atoms with Gasteiger partial charge in [0, 0.05) is 18.2 Å². The third kappa shape index (κ3) is 2.64. The van der Waals surface area contributed by atoms with Crippen LogP contribution in [0.3, 0.4) is 0 Å². The fraction of sp³-hybridized carbons (Fsp3) is 0.462. The van der Waals surface area contributed by atoms with E-state index in [0.29, 0.717) is 11.6 Å². The Morgan fingerprint density at radius 3 is 2.94 bits per heavy atom. The highest BCUT2D eigenvalue weighted by Crippen LogP contribution is 2.21. The predicted molar refractivity (Wildman–Crippen MR) is 66.5 cm³/mol. The molecule has 1 atom stereocenters. The van der Waals surface area contributed by atoms with Crippen molar-refractivity contribution in [2.75, 3.05) is 6.54 Å². The van der Waals surface area contributed by atoms with Crippen LogP contribution in [0.2, 0.25) is 0 Å². The molecule has 0 amide bonds. The maximum Gasteiger partial charge on any atom is 0.123 e. The van der Waals surface area contributed by atoms with Gasteiger partial charge in [-0.1, -0.05) is 6.07 Å². The van der Waals surface area contributed by atoms with E-state index in [1.807, 2.05) is 0 Å². The van der Waals surface area contributed by atoms with Gasteiger partial charge in [-0.15, -0.1) is 0 Å². The zero-order chi connectivity index (χ0) is 12.4. The predicted octanol–water partition coefficient (Wildman–Crippen LogP) is 2.09. The van der Waals surface area contributed by atoms with Gasteiger partial charge < -0.3 is 5.73 Å². The smallest absolute Gasteiger partial charge is 0.123 e. The number of hydrogen-bond donors (Lipinski definition) is 2. The number of likely N-dealkylation sites (tertiary alicyclic amines) is 1. The molecule has 3 nitrogen and oxygen atoms in total. The third-order valence-electron chi connectivity index (χ3n) is 3.43. The number of benzene rings is 1. The second kappa shape index (κ2) is 4.84. The van der Waals surface area contributed by atoms with Crippen LogP contribution < -0.4 is 5.73 Å². The monoisotopic (exact) mass is 235 g/mol. The Balaban J connectivity index is 2.22. The summed E-state index contributed by atoms with van der Waals surface area (Å²) < 4.78 is 13.1. The van der Waals surface area contributed by atoms with E-state index in [1.165, 1.54) is 25.0 Å². The Hall–Kier alpha value is -1.42. The van der Waals surface area contributed by atoms with Gasteiger partial charge in [-0.3, -0.25) is 10.3 Å². The van der Waals surface area contributed by atoms with Crippen molar-refractivity contribution in [3.63, 3.8) is 0 Å². The first-order chi connectivity index (χ1) is 8.08. The lowest BCUT2D eigenvalue weighted by Gasteiger charge is -2.22. The summed E-state index contributed by atoms with van der Waals surface area (Å²) in [6.07, 6.45) is 2.41. The van der Waals surface area contributed by atoms with Crippen molar-refractivity contribution in [2.24, 2.45) is 5.73 Å². The average molecular weight is 235 g/mol. The molecular formula is C13H18FN3. The maximum absolute atomic E-state index is 13.1. The molecule has 1 saturated heterocycles. The van der Waals surface area contributed by atoms with Crippen molar-refractivity contribution in [3.8, 4) is 0 Å². The minimum atomic E-state index is -0.339. The molecule has 0 radical (unpaired) electrons. The number of nitrogen functional groups attached to an aromatic ring is 1. The van der Waals surface area contributed by atoms with E-state index in [1.54, 1.807) is 6.07 Å². The first kappa shape index (κ1) is 12.0. The molecule has 1 aliphatic heterocycles. The molecule has 1 heterocycles. The van der Waals surface area contributed by atoms with Crippen molar-refractivity contribution in [1.29, 1.82) is 5.41 Å². The molecule has 1 aromatic rings. The van der Waals surface area contributed by atoms with Crippen molar-refractivity contribution < 1.29 is 4.39 Å². The van der Waals surface area contributed by atoms with Gasteiger partial charge in [-0.25, -0.2) is 4.39 Å². The van der Waals surface area contributed by atoms with Crippen LogP contribution in [0.4, 0.5) is 4.39 Å². The van der Waals surface area contributed by atoms with Gasteiger partial charge >= 0.3 is 0 Å². The van der Waals surface area contributed by atoms with Crippen LogP contribution in [0.25, 0.3) is 0 Å². The van der Waals surface area contributed by atoms with Crippen LogP contribution in [0, 0.1) is 11.2 Å². The Labute approximate surface area is 101 Å². The summed E-state index contributed by atoms with van der Waals surface area (Å²) in [6.45, 7) is 4.01. The number of nitrogens with zero attached hydrogens (tertiary/aromatic N) is 1. The SMILES string of the molecule is CC1CCCN1Cc1ccc(F)cc1C(=N)N. The number of nitrogens with one attached hydrogen (secondary N) is 1. The molecule has 0 spiro atoms. The molecule has 1 aromatic carbocycles. The van der Waals surface area contributed by atoms with Crippen LogP contribution in [-0.2, 0) is 6.54 Å². The lowest BCUT2D eigenvalue weighted by Crippen LogP contribution is -2.27. The number of halogens is 1. The lowest BCUT2D eigenvalue weighted by molar-refractivity contribution is 0.260. The van der Waals surface area contributed by atoms with Gasteiger partial charge in [-0.05, 0) is 44.0 Å². The standard InChI is InChI=1S/C13H18FN3/c1-9-3-2-6-17(9)8-10-4-5-11(14)7-12(10)13(15)16/h4-5,7,9H,2-3,6,8H2,1H3,(H3,15,16). The number of rotatable bonds is 3. The quantitative estimate of drug-likeness (QED) is 0.622. The second-order valence-electron chi connectivity index (χ2n) is 4.68. The van der Waals surface area contributed by atoms with Gasteiger partial charge in [-0.2, -0.15) is 0 Å². The molecule has 0 aliphatic carbocycles. The fourth-order valence-corrected chi connectivity index (χ4v) is 2.38. The van der Waals surface area contributed by atoms with Crippen molar-refractivity contribution in [1.82, 2.24) is 4.90 Å². The van der Waals surface area contributed by atoms with Gasteiger partial charge in [0.25, 0.3) is 0 Å². The highest BCUT2D eigenvalue weighted by atomic mass is 19.1. The minimum absolute atomic E-state index is 0.0636. The van der Waals surface area contributed by atoms with E-state index in [0.717, 1.165) is 18.7 Å². The zero-order valence-electron chi connectivity index (χ0n) is 10.0. The Morgan fingerprint density at radius 2 is 2.35 bits per heavy atom. The van der Waals surface area contributed by atoms with Gasteiger partial charge in [0.05, 0.1) is 0 Å². The van der Waals surface area contributed by atoms with E-state index in [9.17, 15) is 4.39 Å². The largest absolute Gasteiger partial charge is 0.384 e. The molecule has 1 unspecified atom stereocenters. The summed E-state index contributed by atoms with van der Waals surface area (Å²) in [4.78, 5) is 2.35. The Bertz CT molecular complexity index is 431. The summed E-state index contributed by atoms with van der Waals surface area (Å²) >= 11 is 0. The number of hydrogen-bond acceptors (Lipinski definition) is 2. The first-order valence-electron chi connectivity index (χ1n) is 5.95. The highest BCUT2D eigenvalue weighted by Gasteiger charge is 2.21. The molecule has 3 N–H and O–H groups in total. The lowest BCUT2D eigenvalue weighted by atomic mass is 10.1. The van der Waals surface area contributed by atoms with Gasteiger partial charge in [0.2, 0.25) is 0 Å². The normalized spacial score (nSPS) is 20.7. The molecule has 1 aliphatic rings. The maximum atomic E-state index is 13.1.